The molecule has 1 saturated heterocycles. The van der Waals surface area contributed by atoms with Crippen LogP contribution in [0.4, 0.5) is 0 Å². The topological polar surface area (TPSA) is 83.6 Å². The molecular weight excluding hydrogens is 324 g/mol. The first-order valence-electron chi connectivity index (χ1n) is 7.38. The molecule has 124 valence electrons. The van der Waals surface area contributed by atoms with Crippen LogP contribution in [-0.4, -0.2) is 52.3 Å². The molecule has 0 radical (unpaired) electrons. The van der Waals surface area contributed by atoms with Gasteiger partial charge in [-0.1, -0.05) is 30.3 Å². The molecule has 1 fully saturated rings. The van der Waals surface area contributed by atoms with Crippen LogP contribution in [0.15, 0.2) is 30.3 Å². The van der Waals surface area contributed by atoms with E-state index in [1.807, 2.05) is 30.3 Å². The molecule has 0 saturated carbocycles. The Kier molecular flexibility index (Phi) is 5.96. The first kappa shape index (κ1) is 17.4. The Hall–Kier alpha value is -0.960. The normalized spacial score (nSPS) is 19.1. The summed E-state index contributed by atoms with van der Waals surface area (Å²) in [6.45, 7) is 0.803. The van der Waals surface area contributed by atoms with E-state index in [0.29, 0.717) is 19.4 Å². The van der Waals surface area contributed by atoms with E-state index in [2.05, 4.69) is 4.72 Å². The number of nitrogens with zero attached hydrogens (tertiary/aromatic N) is 1. The number of hydrogen-bond acceptors (Lipinski definition) is 4. The molecule has 0 unspecified atom stereocenters. The van der Waals surface area contributed by atoms with Gasteiger partial charge in [0.25, 0.3) is 0 Å². The van der Waals surface area contributed by atoms with Crippen LogP contribution >= 0.6 is 0 Å². The van der Waals surface area contributed by atoms with Gasteiger partial charge in [-0.25, -0.2) is 25.9 Å². The minimum absolute atomic E-state index is 0.00373. The maximum absolute atomic E-state index is 11.9. The summed E-state index contributed by atoms with van der Waals surface area (Å²) >= 11 is 0. The highest BCUT2D eigenvalue weighted by atomic mass is 32.2. The molecular formula is C14H22N2O4S2. The Bertz CT molecular complexity index is 672. The molecule has 6 nitrogen and oxygen atoms in total. The van der Waals surface area contributed by atoms with E-state index in [4.69, 9.17) is 0 Å². The van der Waals surface area contributed by atoms with E-state index in [1.54, 1.807) is 0 Å². The molecule has 1 aliphatic heterocycles. The lowest BCUT2D eigenvalue weighted by atomic mass is 10.2. The minimum atomic E-state index is -3.39. The van der Waals surface area contributed by atoms with Crippen molar-refractivity contribution in [2.24, 2.45) is 0 Å². The summed E-state index contributed by atoms with van der Waals surface area (Å²) in [6, 6.07) is 9.40. The molecule has 8 heteroatoms. The SMILES string of the molecule is O=S(=O)(CCc1ccccc1)NCCN1CCCCS1(=O)=O. The minimum Gasteiger partial charge on any atom is -0.214 e. The summed E-state index contributed by atoms with van der Waals surface area (Å²) in [7, 11) is -6.59. The van der Waals surface area contributed by atoms with Crippen molar-refractivity contribution in [1.82, 2.24) is 9.03 Å². The van der Waals surface area contributed by atoms with Crippen LogP contribution in [0.3, 0.4) is 0 Å². The molecule has 22 heavy (non-hydrogen) atoms. The highest BCUT2D eigenvalue weighted by molar-refractivity contribution is 7.89. The van der Waals surface area contributed by atoms with Crippen LogP contribution in [-0.2, 0) is 26.5 Å². The van der Waals surface area contributed by atoms with Gasteiger partial charge < -0.3 is 0 Å². The number of benzene rings is 1. The molecule has 1 N–H and O–H groups in total. The van der Waals surface area contributed by atoms with Crippen molar-refractivity contribution in [3.05, 3.63) is 35.9 Å². The predicted molar refractivity (Wildman–Crippen MR) is 86.5 cm³/mol. The lowest BCUT2D eigenvalue weighted by molar-refractivity contribution is 0.386. The van der Waals surface area contributed by atoms with Gasteiger partial charge in [0, 0.05) is 19.6 Å². The van der Waals surface area contributed by atoms with Crippen LogP contribution in [0.2, 0.25) is 0 Å². The monoisotopic (exact) mass is 346 g/mol. The van der Waals surface area contributed by atoms with Gasteiger partial charge in [0.15, 0.2) is 0 Å². The maximum atomic E-state index is 11.9. The maximum Gasteiger partial charge on any atom is 0.214 e. The lowest BCUT2D eigenvalue weighted by Gasteiger charge is -2.26. The van der Waals surface area contributed by atoms with Gasteiger partial charge in [0.1, 0.15) is 0 Å². The molecule has 0 amide bonds. The van der Waals surface area contributed by atoms with Crippen molar-refractivity contribution in [2.45, 2.75) is 19.3 Å². The standard InChI is InChI=1S/C14H22N2O4S2/c17-21(18,13-8-14-6-2-1-3-7-14)15-9-11-16-10-4-5-12-22(16,19)20/h1-3,6-7,15H,4-5,8-13H2. The average Bonchev–Trinajstić information content (AvgIpc) is 2.48. The van der Waals surface area contributed by atoms with Crippen molar-refractivity contribution < 1.29 is 16.8 Å². The van der Waals surface area contributed by atoms with Crippen LogP contribution in [0.25, 0.3) is 0 Å². The smallest absolute Gasteiger partial charge is 0.214 e. The van der Waals surface area contributed by atoms with Gasteiger partial charge in [-0.05, 0) is 24.8 Å². The second-order valence-electron chi connectivity index (χ2n) is 5.37. The zero-order valence-corrected chi connectivity index (χ0v) is 14.1. The van der Waals surface area contributed by atoms with E-state index < -0.39 is 20.0 Å². The summed E-state index contributed by atoms with van der Waals surface area (Å²) in [4.78, 5) is 0. The fraction of sp³-hybridized carbons (Fsp3) is 0.571. The van der Waals surface area contributed by atoms with Gasteiger partial charge in [-0.15, -0.1) is 0 Å². The van der Waals surface area contributed by atoms with Crippen molar-refractivity contribution in [3.8, 4) is 0 Å². The first-order valence-corrected chi connectivity index (χ1v) is 10.6. The Balaban J connectivity index is 1.78. The predicted octanol–water partition coefficient (Wildman–Crippen LogP) is 0.574. The molecule has 0 aromatic heterocycles. The van der Waals surface area contributed by atoms with Gasteiger partial charge in [0.2, 0.25) is 20.0 Å². The quantitative estimate of drug-likeness (QED) is 0.782. The summed E-state index contributed by atoms with van der Waals surface area (Å²) in [6.07, 6.45) is 1.96. The molecule has 1 heterocycles. The Labute approximate surface area is 132 Å². The van der Waals surface area contributed by atoms with E-state index in [9.17, 15) is 16.8 Å². The van der Waals surface area contributed by atoms with Crippen LogP contribution in [0, 0.1) is 0 Å². The van der Waals surface area contributed by atoms with E-state index in [0.717, 1.165) is 12.0 Å². The Morgan fingerprint density at radius 3 is 2.55 bits per heavy atom. The number of sulfonamides is 2. The van der Waals surface area contributed by atoms with Crippen LogP contribution in [0.1, 0.15) is 18.4 Å². The van der Waals surface area contributed by atoms with Gasteiger partial charge in [-0.3, -0.25) is 0 Å². The highest BCUT2D eigenvalue weighted by Crippen LogP contribution is 2.12. The third kappa shape index (κ3) is 5.35. The van der Waals surface area contributed by atoms with Crippen LogP contribution in [0.5, 0.6) is 0 Å². The summed E-state index contributed by atoms with van der Waals surface area (Å²) in [5.41, 5.74) is 0.964. The summed E-state index contributed by atoms with van der Waals surface area (Å²) < 4.78 is 51.3. The number of rotatable bonds is 7. The van der Waals surface area contributed by atoms with Gasteiger partial charge >= 0.3 is 0 Å². The number of nitrogens with one attached hydrogen (secondary N) is 1. The molecule has 0 atom stereocenters. The van der Waals surface area contributed by atoms with Gasteiger partial charge in [-0.2, -0.15) is 0 Å². The molecule has 0 aliphatic carbocycles. The summed E-state index contributed by atoms with van der Waals surface area (Å²) in [5, 5.41) is 0. The van der Waals surface area contributed by atoms with E-state index in [-0.39, 0.29) is 24.6 Å². The zero-order valence-electron chi connectivity index (χ0n) is 12.4. The second-order valence-corrected chi connectivity index (χ2v) is 9.39. The molecule has 2 rings (SSSR count). The first-order chi connectivity index (χ1) is 10.4. The van der Waals surface area contributed by atoms with Crippen molar-refractivity contribution in [1.29, 1.82) is 0 Å². The molecule has 1 aromatic carbocycles. The average molecular weight is 346 g/mol. The number of aryl methyl sites for hydroxylation is 1. The summed E-state index contributed by atoms with van der Waals surface area (Å²) in [5.74, 6) is 0.164. The van der Waals surface area contributed by atoms with Crippen molar-refractivity contribution >= 4 is 20.0 Å². The third-order valence-corrected chi connectivity index (χ3v) is 6.98. The fourth-order valence-electron chi connectivity index (χ4n) is 2.39. The Morgan fingerprint density at radius 2 is 1.86 bits per heavy atom. The van der Waals surface area contributed by atoms with E-state index >= 15 is 0 Å². The molecule has 0 spiro atoms. The zero-order chi connectivity index (χ0) is 16.1. The van der Waals surface area contributed by atoms with Crippen molar-refractivity contribution in [3.63, 3.8) is 0 Å². The van der Waals surface area contributed by atoms with Gasteiger partial charge in [0.05, 0.1) is 11.5 Å². The lowest BCUT2D eigenvalue weighted by Crippen LogP contribution is -2.42. The van der Waals surface area contributed by atoms with Crippen LogP contribution < -0.4 is 4.72 Å². The molecule has 1 aliphatic rings. The molecule has 1 aromatic rings. The third-order valence-electron chi connectivity index (χ3n) is 3.64. The van der Waals surface area contributed by atoms with E-state index in [1.165, 1.54) is 4.31 Å². The molecule has 0 bridgehead atoms. The second kappa shape index (κ2) is 7.54. The fourth-order valence-corrected chi connectivity index (χ4v) is 5.04. The largest absolute Gasteiger partial charge is 0.214 e. The highest BCUT2D eigenvalue weighted by Gasteiger charge is 2.25. The number of hydrogen-bond donors (Lipinski definition) is 1. The van der Waals surface area contributed by atoms with Crippen molar-refractivity contribution in [2.75, 3.05) is 31.1 Å². The Morgan fingerprint density at radius 1 is 1.14 bits per heavy atom.